The Bertz CT molecular complexity index is 365. The van der Waals surface area contributed by atoms with E-state index in [1.807, 2.05) is 12.1 Å². The minimum Gasteiger partial charge on any atom is -0.463 e. The zero-order valence-corrected chi connectivity index (χ0v) is 7.05. The summed E-state index contributed by atoms with van der Waals surface area (Å²) >= 11 is 0. The van der Waals surface area contributed by atoms with Crippen molar-refractivity contribution in [2.24, 2.45) is 5.73 Å². The van der Waals surface area contributed by atoms with Crippen LogP contribution < -0.4 is 5.73 Å². The maximum atomic E-state index is 5.41. The minimum absolute atomic E-state index is 0.428. The molecule has 5 nitrogen and oxygen atoms in total. The van der Waals surface area contributed by atoms with E-state index in [9.17, 15) is 0 Å². The fourth-order valence-electron chi connectivity index (χ4n) is 1.09. The van der Waals surface area contributed by atoms with Crippen LogP contribution in [0.2, 0.25) is 0 Å². The van der Waals surface area contributed by atoms with Crippen LogP contribution >= 0.6 is 0 Å². The highest BCUT2D eigenvalue weighted by Crippen LogP contribution is 2.07. The maximum absolute atomic E-state index is 5.41. The number of hydrogen-bond acceptors (Lipinski definition) is 4. The Morgan fingerprint density at radius 1 is 1.38 bits per heavy atom. The van der Waals surface area contributed by atoms with Crippen LogP contribution in [0.25, 0.3) is 0 Å². The van der Waals surface area contributed by atoms with E-state index in [2.05, 4.69) is 10.1 Å². The van der Waals surface area contributed by atoms with Crippen LogP contribution in [0.15, 0.2) is 29.2 Å². The molecule has 5 heteroatoms. The molecule has 0 aliphatic carbocycles. The van der Waals surface area contributed by atoms with Gasteiger partial charge in [0, 0.05) is 0 Å². The van der Waals surface area contributed by atoms with E-state index in [4.69, 9.17) is 10.2 Å². The normalized spacial score (nSPS) is 10.5. The van der Waals surface area contributed by atoms with E-state index in [1.54, 1.807) is 11.0 Å². The fourth-order valence-corrected chi connectivity index (χ4v) is 1.09. The molecule has 2 N–H and O–H groups in total. The second kappa shape index (κ2) is 3.40. The first-order valence-electron chi connectivity index (χ1n) is 3.98. The molecule has 2 aromatic rings. The van der Waals surface area contributed by atoms with E-state index in [-0.39, 0.29) is 0 Å². The van der Waals surface area contributed by atoms with Gasteiger partial charge in [0.2, 0.25) is 0 Å². The predicted molar refractivity (Wildman–Crippen MR) is 45.7 cm³/mol. The molecule has 2 heterocycles. The molecule has 2 rings (SSSR count). The molecular formula is C8H10N4O. The van der Waals surface area contributed by atoms with Crippen molar-refractivity contribution in [1.82, 2.24) is 14.8 Å². The van der Waals surface area contributed by atoms with Gasteiger partial charge in [-0.15, -0.1) is 0 Å². The summed E-state index contributed by atoms with van der Waals surface area (Å²) in [5.41, 5.74) is 5.41. The molecule has 2 aromatic heterocycles. The lowest BCUT2D eigenvalue weighted by Gasteiger charge is -1.95. The van der Waals surface area contributed by atoms with Crippen molar-refractivity contribution in [3.63, 3.8) is 0 Å². The Labute approximate surface area is 75.2 Å². The van der Waals surface area contributed by atoms with Crippen LogP contribution in [0.3, 0.4) is 0 Å². The van der Waals surface area contributed by atoms with E-state index in [0.29, 0.717) is 13.1 Å². The Morgan fingerprint density at radius 2 is 2.23 bits per heavy atom. The molecule has 0 aliphatic heterocycles. The summed E-state index contributed by atoms with van der Waals surface area (Å²) in [6, 6.07) is 3.76. The lowest BCUT2D eigenvalue weighted by Crippen LogP contribution is -1.98. The Morgan fingerprint density at radius 3 is 2.85 bits per heavy atom. The summed E-state index contributed by atoms with van der Waals surface area (Å²) in [7, 11) is 0. The predicted octanol–water partition coefficient (Wildman–Crippen LogP) is 0.378. The zero-order chi connectivity index (χ0) is 9.10. The number of furan rings is 1. The lowest BCUT2D eigenvalue weighted by atomic mass is 10.4. The minimum atomic E-state index is 0.428. The van der Waals surface area contributed by atoms with Gasteiger partial charge in [0.25, 0.3) is 0 Å². The molecule has 0 bridgehead atoms. The first-order valence-corrected chi connectivity index (χ1v) is 3.98. The maximum Gasteiger partial charge on any atom is 0.137 e. The summed E-state index contributed by atoms with van der Waals surface area (Å²) in [5.74, 6) is 1.63. The van der Waals surface area contributed by atoms with Crippen molar-refractivity contribution in [2.45, 2.75) is 13.1 Å². The average molecular weight is 178 g/mol. The molecule has 0 radical (unpaired) electrons. The van der Waals surface area contributed by atoms with Crippen LogP contribution in [0.5, 0.6) is 0 Å². The monoisotopic (exact) mass is 178 g/mol. The van der Waals surface area contributed by atoms with Gasteiger partial charge in [-0.1, -0.05) is 0 Å². The van der Waals surface area contributed by atoms with E-state index in [0.717, 1.165) is 11.5 Å². The van der Waals surface area contributed by atoms with Gasteiger partial charge in [0.1, 0.15) is 30.7 Å². The van der Waals surface area contributed by atoms with Gasteiger partial charge in [-0.25, -0.2) is 9.67 Å². The van der Waals surface area contributed by atoms with Gasteiger partial charge in [-0.3, -0.25) is 0 Å². The summed E-state index contributed by atoms with van der Waals surface area (Å²) in [5, 5.41) is 3.96. The first kappa shape index (κ1) is 8.00. The molecule has 0 amide bonds. The second-order valence-corrected chi connectivity index (χ2v) is 2.67. The average Bonchev–Trinajstić information content (AvgIpc) is 2.76. The van der Waals surface area contributed by atoms with E-state index >= 15 is 0 Å². The van der Waals surface area contributed by atoms with Gasteiger partial charge >= 0.3 is 0 Å². The van der Waals surface area contributed by atoms with Crippen molar-refractivity contribution < 1.29 is 4.42 Å². The molecule has 0 unspecified atom stereocenters. The van der Waals surface area contributed by atoms with Crippen LogP contribution in [0.1, 0.15) is 11.5 Å². The Hall–Kier alpha value is -1.62. The van der Waals surface area contributed by atoms with Crippen molar-refractivity contribution in [3.05, 3.63) is 36.3 Å². The highest BCUT2D eigenvalue weighted by atomic mass is 16.3. The molecule has 0 fully saturated rings. The van der Waals surface area contributed by atoms with Gasteiger partial charge in [-0.2, -0.15) is 5.10 Å². The summed E-state index contributed by atoms with van der Waals surface area (Å²) in [6.45, 7) is 1.03. The topological polar surface area (TPSA) is 69.9 Å². The van der Waals surface area contributed by atoms with E-state index in [1.165, 1.54) is 6.33 Å². The SMILES string of the molecule is NCc1ccc(Cn2cncn2)o1. The van der Waals surface area contributed by atoms with Gasteiger partial charge in [-0.05, 0) is 12.1 Å². The number of nitrogens with zero attached hydrogens (tertiary/aromatic N) is 3. The molecule has 0 saturated heterocycles. The standard InChI is InChI=1S/C8H10N4O/c9-3-7-1-2-8(13-7)4-12-6-10-5-11-12/h1-2,5-6H,3-4,9H2. The number of aromatic nitrogens is 3. The third kappa shape index (κ3) is 1.75. The smallest absolute Gasteiger partial charge is 0.137 e. The van der Waals surface area contributed by atoms with Crippen molar-refractivity contribution in [2.75, 3.05) is 0 Å². The number of hydrogen-bond donors (Lipinski definition) is 1. The Balaban J connectivity index is 2.10. The lowest BCUT2D eigenvalue weighted by molar-refractivity contribution is 0.445. The quantitative estimate of drug-likeness (QED) is 0.737. The van der Waals surface area contributed by atoms with Crippen molar-refractivity contribution in [1.29, 1.82) is 0 Å². The number of rotatable bonds is 3. The van der Waals surface area contributed by atoms with Gasteiger partial charge < -0.3 is 10.2 Å². The number of nitrogens with two attached hydrogens (primary N) is 1. The van der Waals surface area contributed by atoms with Crippen molar-refractivity contribution >= 4 is 0 Å². The molecule has 68 valence electrons. The molecule has 0 aromatic carbocycles. The molecule has 0 saturated carbocycles. The van der Waals surface area contributed by atoms with Crippen LogP contribution in [0, 0.1) is 0 Å². The van der Waals surface area contributed by atoms with Crippen molar-refractivity contribution in [3.8, 4) is 0 Å². The van der Waals surface area contributed by atoms with Crippen LogP contribution in [-0.2, 0) is 13.1 Å². The first-order chi connectivity index (χ1) is 6.38. The third-order valence-electron chi connectivity index (χ3n) is 1.70. The summed E-state index contributed by atoms with van der Waals surface area (Å²) in [6.07, 6.45) is 3.14. The van der Waals surface area contributed by atoms with Gasteiger partial charge in [0.15, 0.2) is 0 Å². The van der Waals surface area contributed by atoms with Crippen LogP contribution in [-0.4, -0.2) is 14.8 Å². The highest BCUT2D eigenvalue weighted by Gasteiger charge is 2.01. The molecular weight excluding hydrogens is 168 g/mol. The summed E-state index contributed by atoms with van der Waals surface area (Å²) < 4.78 is 7.09. The molecule has 0 aliphatic rings. The van der Waals surface area contributed by atoms with Crippen LogP contribution in [0.4, 0.5) is 0 Å². The van der Waals surface area contributed by atoms with Gasteiger partial charge in [0.05, 0.1) is 6.54 Å². The summed E-state index contributed by atoms with van der Waals surface area (Å²) in [4.78, 5) is 3.83. The molecule has 0 atom stereocenters. The molecule has 0 spiro atoms. The highest BCUT2D eigenvalue weighted by molar-refractivity contribution is 5.06. The molecule has 13 heavy (non-hydrogen) atoms. The third-order valence-corrected chi connectivity index (χ3v) is 1.70. The van der Waals surface area contributed by atoms with E-state index < -0.39 is 0 Å². The Kier molecular flexibility index (Phi) is 2.09. The fraction of sp³-hybridized carbons (Fsp3) is 0.250. The largest absolute Gasteiger partial charge is 0.463 e. The zero-order valence-electron chi connectivity index (χ0n) is 7.05. The second-order valence-electron chi connectivity index (χ2n) is 2.67.